The van der Waals surface area contributed by atoms with Crippen molar-refractivity contribution in [3.8, 4) is 11.5 Å². The highest BCUT2D eigenvalue weighted by molar-refractivity contribution is 7.80. The van der Waals surface area contributed by atoms with E-state index >= 15 is 0 Å². The van der Waals surface area contributed by atoms with Crippen LogP contribution in [-0.4, -0.2) is 41.8 Å². The number of nitrogens with one attached hydrogen (secondary N) is 2. The molecule has 0 aromatic heterocycles. The van der Waals surface area contributed by atoms with Gasteiger partial charge in [-0.15, -0.1) is 0 Å². The zero-order valence-corrected chi connectivity index (χ0v) is 19.9. The topological polar surface area (TPSA) is 83.0 Å². The summed E-state index contributed by atoms with van der Waals surface area (Å²) < 4.78 is 10.8. The highest BCUT2D eigenvalue weighted by Gasteiger charge is 2.14. The van der Waals surface area contributed by atoms with Crippen molar-refractivity contribution in [2.45, 2.75) is 45.4 Å². The summed E-state index contributed by atoms with van der Waals surface area (Å²) in [5.74, 6) is 0.868. The fraction of sp³-hybridized carbons (Fsp3) is 0.435. The second-order valence-electron chi connectivity index (χ2n) is 8.23. The Morgan fingerprint density at radius 3 is 2.32 bits per heavy atom. The lowest BCUT2D eigenvalue weighted by Crippen LogP contribution is -2.34. The van der Waals surface area contributed by atoms with E-state index in [1.807, 2.05) is 0 Å². The van der Waals surface area contributed by atoms with Crippen molar-refractivity contribution in [3.05, 3.63) is 58.1 Å². The number of aliphatic hydroxyl groups excluding tert-OH is 2. The number of rotatable bonds is 9. The van der Waals surface area contributed by atoms with E-state index in [2.05, 4.69) is 55.7 Å². The lowest BCUT2D eigenvalue weighted by molar-refractivity contribution is 0.0527. The number of hydrogen-bond acceptors (Lipinski definition) is 5. The van der Waals surface area contributed by atoms with E-state index in [-0.39, 0.29) is 18.6 Å². The Bertz CT molecular complexity index is 869. The predicted molar refractivity (Wildman–Crippen MR) is 128 cm³/mol. The van der Waals surface area contributed by atoms with E-state index in [1.165, 1.54) is 12.7 Å². The SMILES string of the molecule is COc1cc(CNC(=S)NCc2ccc(C(C)(C)C)cc2)c(Cl)cc1OCC(O)CO. The fourth-order valence-corrected chi connectivity index (χ4v) is 3.13. The summed E-state index contributed by atoms with van der Waals surface area (Å²) in [6, 6.07) is 11.9. The molecule has 0 saturated carbocycles. The smallest absolute Gasteiger partial charge is 0.166 e. The standard InChI is InChI=1S/C23H31ClN2O4S/c1-23(2,3)17-7-5-15(6-8-17)11-25-22(31)26-12-16-9-20(29-4)21(10-19(16)24)30-14-18(28)13-27/h5-10,18,27-28H,11-14H2,1-4H3,(H2,25,26,31). The average molecular weight is 467 g/mol. The zero-order valence-electron chi connectivity index (χ0n) is 18.4. The first-order valence-corrected chi connectivity index (χ1v) is 10.8. The van der Waals surface area contributed by atoms with Gasteiger partial charge in [0.05, 0.1) is 13.7 Å². The average Bonchev–Trinajstić information content (AvgIpc) is 2.74. The molecule has 0 bridgehead atoms. The number of aliphatic hydroxyl groups is 2. The maximum atomic E-state index is 9.45. The van der Waals surface area contributed by atoms with Gasteiger partial charge in [0.25, 0.3) is 0 Å². The molecule has 0 saturated heterocycles. The molecule has 31 heavy (non-hydrogen) atoms. The van der Waals surface area contributed by atoms with Crippen molar-refractivity contribution in [2.24, 2.45) is 0 Å². The molecular weight excluding hydrogens is 436 g/mol. The van der Waals surface area contributed by atoms with Crippen molar-refractivity contribution in [2.75, 3.05) is 20.3 Å². The Balaban J connectivity index is 1.90. The predicted octanol–water partition coefficient (Wildman–Crippen LogP) is 3.54. The van der Waals surface area contributed by atoms with Crippen LogP contribution in [0.4, 0.5) is 0 Å². The minimum absolute atomic E-state index is 0.0640. The molecule has 1 atom stereocenters. The molecule has 170 valence electrons. The number of hydrogen-bond donors (Lipinski definition) is 4. The monoisotopic (exact) mass is 466 g/mol. The molecule has 2 aromatic carbocycles. The molecule has 0 aliphatic heterocycles. The lowest BCUT2D eigenvalue weighted by atomic mass is 9.87. The van der Waals surface area contributed by atoms with Gasteiger partial charge < -0.3 is 30.3 Å². The van der Waals surface area contributed by atoms with Crippen LogP contribution in [0.3, 0.4) is 0 Å². The molecule has 2 rings (SSSR count). The third-order valence-corrected chi connectivity index (χ3v) is 5.33. The maximum Gasteiger partial charge on any atom is 0.166 e. The zero-order chi connectivity index (χ0) is 23.0. The van der Waals surface area contributed by atoms with Gasteiger partial charge in [-0.2, -0.15) is 0 Å². The van der Waals surface area contributed by atoms with E-state index in [0.717, 1.165) is 11.1 Å². The summed E-state index contributed by atoms with van der Waals surface area (Å²) in [6.07, 6.45) is -0.974. The van der Waals surface area contributed by atoms with Crippen LogP contribution < -0.4 is 20.1 Å². The van der Waals surface area contributed by atoms with E-state index in [0.29, 0.717) is 34.7 Å². The van der Waals surface area contributed by atoms with Crippen LogP contribution in [0.1, 0.15) is 37.5 Å². The molecule has 2 aromatic rings. The van der Waals surface area contributed by atoms with Crippen molar-refractivity contribution >= 4 is 28.9 Å². The van der Waals surface area contributed by atoms with Gasteiger partial charge in [-0.1, -0.05) is 56.6 Å². The van der Waals surface area contributed by atoms with Crippen LogP contribution in [-0.2, 0) is 18.5 Å². The Morgan fingerprint density at radius 2 is 1.74 bits per heavy atom. The van der Waals surface area contributed by atoms with Gasteiger partial charge in [0, 0.05) is 24.2 Å². The molecule has 0 fully saturated rings. The number of thiocarbonyl (C=S) groups is 1. The molecular formula is C23H31ClN2O4S. The summed E-state index contributed by atoms with van der Waals surface area (Å²) in [7, 11) is 1.52. The van der Waals surface area contributed by atoms with Crippen molar-refractivity contribution < 1.29 is 19.7 Å². The maximum absolute atomic E-state index is 9.45. The third kappa shape index (κ3) is 7.85. The van der Waals surface area contributed by atoms with E-state index in [1.54, 1.807) is 12.1 Å². The normalized spacial score (nSPS) is 12.2. The van der Waals surface area contributed by atoms with Crippen molar-refractivity contribution in [1.82, 2.24) is 10.6 Å². The van der Waals surface area contributed by atoms with Crippen molar-refractivity contribution in [3.63, 3.8) is 0 Å². The number of methoxy groups -OCH3 is 1. The van der Waals surface area contributed by atoms with Crippen LogP contribution in [0.25, 0.3) is 0 Å². The van der Waals surface area contributed by atoms with Crippen molar-refractivity contribution in [1.29, 1.82) is 0 Å². The molecule has 0 aliphatic carbocycles. The molecule has 0 spiro atoms. The van der Waals surface area contributed by atoms with Gasteiger partial charge in [-0.25, -0.2) is 0 Å². The summed E-state index contributed by atoms with van der Waals surface area (Å²) >= 11 is 11.7. The highest BCUT2D eigenvalue weighted by Crippen LogP contribution is 2.33. The Kier molecular flexibility index (Phi) is 9.37. The molecule has 0 heterocycles. The molecule has 0 amide bonds. The highest BCUT2D eigenvalue weighted by atomic mass is 35.5. The first kappa shape index (κ1) is 25.2. The van der Waals surface area contributed by atoms with Gasteiger partial charge in [-0.05, 0) is 40.4 Å². The van der Waals surface area contributed by atoms with E-state index < -0.39 is 6.10 Å². The molecule has 1 unspecified atom stereocenters. The summed E-state index contributed by atoms with van der Waals surface area (Å²) in [6.45, 7) is 7.15. The van der Waals surface area contributed by atoms with Gasteiger partial charge in [-0.3, -0.25) is 0 Å². The Labute approximate surface area is 194 Å². The van der Waals surface area contributed by atoms with Crippen LogP contribution in [0, 0.1) is 0 Å². The number of ether oxygens (including phenoxy) is 2. The van der Waals surface area contributed by atoms with Crippen LogP contribution in [0.2, 0.25) is 5.02 Å². The van der Waals surface area contributed by atoms with Gasteiger partial charge in [0.1, 0.15) is 12.7 Å². The minimum atomic E-state index is -0.974. The minimum Gasteiger partial charge on any atom is -0.493 e. The third-order valence-electron chi connectivity index (χ3n) is 4.69. The first-order valence-electron chi connectivity index (χ1n) is 10.0. The lowest BCUT2D eigenvalue weighted by Gasteiger charge is -2.19. The number of benzene rings is 2. The van der Waals surface area contributed by atoms with Gasteiger partial charge in [0.15, 0.2) is 16.6 Å². The molecule has 4 N–H and O–H groups in total. The van der Waals surface area contributed by atoms with Gasteiger partial charge in [0.2, 0.25) is 0 Å². The van der Waals surface area contributed by atoms with Gasteiger partial charge >= 0.3 is 0 Å². The molecule has 0 radical (unpaired) electrons. The van der Waals surface area contributed by atoms with Crippen LogP contribution >= 0.6 is 23.8 Å². The molecule has 8 heteroatoms. The quantitative estimate of drug-likeness (QED) is 0.421. The fourth-order valence-electron chi connectivity index (χ4n) is 2.77. The summed E-state index contributed by atoms with van der Waals surface area (Å²) in [5.41, 5.74) is 3.34. The first-order chi connectivity index (χ1) is 14.6. The summed E-state index contributed by atoms with van der Waals surface area (Å²) in [4.78, 5) is 0. The largest absolute Gasteiger partial charge is 0.493 e. The Morgan fingerprint density at radius 1 is 1.10 bits per heavy atom. The summed E-state index contributed by atoms with van der Waals surface area (Å²) in [5, 5.41) is 25.7. The second-order valence-corrected chi connectivity index (χ2v) is 9.04. The van der Waals surface area contributed by atoms with E-state index in [4.69, 9.17) is 38.4 Å². The van der Waals surface area contributed by atoms with Crippen LogP contribution in [0.5, 0.6) is 11.5 Å². The number of halogens is 1. The molecule has 0 aliphatic rings. The second kappa shape index (κ2) is 11.5. The van der Waals surface area contributed by atoms with E-state index in [9.17, 15) is 5.11 Å². The molecule has 6 nitrogen and oxygen atoms in total. The Hall–Kier alpha value is -2.06. The van der Waals surface area contributed by atoms with Crippen LogP contribution in [0.15, 0.2) is 36.4 Å².